The average molecular weight is 398 g/mol. The third-order valence-corrected chi connectivity index (χ3v) is 5.78. The molecule has 1 saturated carbocycles. The predicted molar refractivity (Wildman–Crippen MR) is 108 cm³/mol. The second-order valence-electron chi connectivity index (χ2n) is 7.26. The van der Waals surface area contributed by atoms with E-state index in [0.29, 0.717) is 11.5 Å². The fourth-order valence-corrected chi connectivity index (χ4v) is 4.21. The second kappa shape index (κ2) is 7.44. The number of carbonyl (C=O) groups excluding carboxylic acids is 1. The second-order valence-corrected chi connectivity index (χ2v) is 8.72. The lowest BCUT2D eigenvalue weighted by molar-refractivity contribution is 0.0921. The molecule has 0 radical (unpaired) electrons. The lowest BCUT2D eigenvalue weighted by Gasteiger charge is -2.12. The van der Waals surface area contributed by atoms with E-state index in [4.69, 9.17) is 4.98 Å². The van der Waals surface area contributed by atoms with Crippen molar-refractivity contribution < 1.29 is 9.90 Å². The molecule has 146 valence electrons. The number of aromatic nitrogens is 4. The summed E-state index contributed by atoms with van der Waals surface area (Å²) in [4.78, 5) is 24.2. The molecule has 28 heavy (non-hydrogen) atoms. The fraction of sp³-hybridized carbons (Fsp3) is 0.400. The Kier molecular flexibility index (Phi) is 4.99. The van der Waals surface area contributed by atoms with Crippen LogP contribution in [0.5, 0.6) is 0 Å². The molecule has 0 unspecified atom stereocenters. The molecule has 2 N–H and O–H groups in total. The van der Waals surface area contributed by atoms with Gasteiger partial charge in [-0.2, -0.15) is 5.10 Å². The van der Waals surface area contributed by atoms with Crippen LogP contribution in [0.15, 0.2) is 24.5 Å². The highest BCUT2D eigenvalue weighted by Crippen LogP contribution is 2.42. The summed E-state index contributed by atoms with van der Waals surface area (Å²) in [5, 5.41) is 16.4. The number of carbonyl (C=O) groups is 1. The van der Waals surface area contributed by atoms with Gasteiger partial charge in [-0.25, -0.2) is 14.6 Å². The van der Waals surface area contributed by atoms with Crippen molar-refractivity contribution in [1.29, 1.82) is 0 Å². The van der Waals surface area contributed by atoms with Crippen LogP contribution in [0.3, 0.4) is 0 Å². The van der Waals surface area contributed by atoms with Crippen molar-refractivity contribution in [2.24, 2.45) is 0 Å². The van der Waals surface area contributed by atoms with Crippen molar-refractivity contribution >= 4 is 17.2 Å². The summed E-state index contributed by atoms with van der Waals surface area (Å²) in [5.41, 5.74) is 3.32. The van der Waals surface area contributed by atoms with E-state index in [1.165, 1.54) is 9.75 Å². The minimum Gasteiger partial charge on any atom is -0.394 e. The van der Waals surface area contributed by atoms with E-state index in [0.717, 1.165) is 29.8 Å². The Morgan fingerprint density at radius 2 is 2.21 bits per heavy atom. The first-order valence-electron chi connectivity index (χ1n) is 9.38. The Hall–Kier alpha value is -2.58. The molecule has 0 aromatic carbocycles. The predicted octanol–water partition coefficient (Wildman–Crippen LogP) is 3.00. The molecule has 1 aliphatic rings. The zero-order valence-corrected chi connectivity index (χ0v) is 17.0. The number of thiophene rings is 1. The van der Waals surface area contributed by atoms with Gasteiger partial charge in [0.1, 0.15) is 0 Å². The molecule has 1 atom stereocenters. The molecule has 8 heteroatoms. The van der Waals surface area contributed by atoms with Gasteiger partial charge in [-0.1, -0.05) is 0 Å². The van der Waals surface area contributed by atoms with Crippen LogP contribution in [-0.2, 0) is 0 Å². The molecule has 0 spiro atoms. The molecule has 0 bridgehead atoms. The number of aryl methyl sites for hydroxylation is 2. The van der Waals surface area contributed by atoms with Crippen LogP contribution in [0.4, 0.5) is 0 Å². The van der Waals surface area contributed by atoms with E-state index in [-0.39, 0.29) is 24.5 Å². The van der Waals surface area contributed by atoms with Gasteiger partial charge in [0.2, 0.25) is 0 Å². The molecule has 3 heterocycles. The van der Waals surface area contributed by atoms with E-state index in [9.17, 15) is 9.90 Å². The van der Waals surface area contributed by atoms with Crippen molar-refractivity contribution in [3.63, 3.8) is 0 Å². The molecule has 1 aliphatic carbocycles. The van der Waals surface area contributed by atoms with Crippen molar-refractivity contribution in [1.82, 2.24) is 25.1 Å². The molecule has 7 nitrogen and oxygen atoms in total. The van der Waals surface area contributed by atoms with Gasteiger partial charge in [0, 0.05) is 33.5 Å². The molecule has 1 fully saturated rings. The molecular formula is C20H23N5O2S. The van der Waals surface area contributed by atoms with Crippen LogP contribution < -0.4 is 5.32 Å². The minimum absolute atomic E-state index is 0.108. The first-order chi connectivity index (χ1) is 13.5. The van der Waals surface area contributed by atoms with Crippen molar-refractivity contribution in [2.45, 2.75) is 45.6 Å². The topological polar surface area (TPSA) is 92.9 Å². The monoisotopic (exact) mass is 397 g/mol. The van der Waals surface area contributed by atoms with Crippen LogP contribution in [0.25, 0.3) is 17.2 Å². The lowest BCUT2D eigenvalue weighted by Crippen LogP contribution is -2.35. The Morgan fingerprint density at radius 3 is 2.86 bits per heavy atom. The maximum absolute atomic E-state index is 12.6. The summed E-state index contributed by atoms with van der Waals surface area (Å²) in [6, 6.07) is 3.72. The van der Waals surface area contributed by atoms with Crippen LogP contribution in [0.2, 0.25) is 0 Å². The van der Waals surface area contributed by atoms with Gasteiger partial charge in [-0.15, -0.1) is 11.3 Å². The van der Waals surface area contributed by atoms with Crippen molar-refractivity contribution in [3.8, 4) is 17.2 Å². The lowest BCUT2D eigenvalue weighted by atomic mass is 10.1. The Bertz CT molecular complexity index is 1020. The number of hydrogen-bond donors (Lipinski definition) is 2. The van der Waals surface area contributed by atoms with Crippen molar-refractivity contribution in [3.05, 3.63) is 45.5 Å². The Morgan fingerprint density at radius 1 is 1.43 bits per heavy atom. The number of hydrogen-bond acceptors (Lipinski definition) is 6. The van der Waals surface area contributed by atoms with Crippen LogP contribution in [0.1, 0.15) is 51.5 Å². The van der Waals surface area contributed by atoms with E-state index in [2.05, 4.69) is 35.3 Å². The smallest absolute Gasteiger partial charge is 0.255 e. The number of amides is 1. The number of aliphatic hydroxyl groups is 1. The number of nitrogens with zero attached hydrogens (tertiary/aromatic N) is 4. The summed E-state index contributed by atoms with van der Waals surface area (Å²) in [5.74, 6) is 0.525. The van der Waals surface area contributed by atoms with E-state index in [1.807, 2.05) is 6.07 Å². The largest absolute Gasteiger partial charge is 0.394 e. The first-order valence-corrected chi connectivity index (χ1v) is 10.2. The molecule has 0 aliphatic heterocycles. The third-order valence-electron chi connectivity index (χ3n) is 4.82. The maximum Gasteiger partial charge on any atom is 0.255 e. The van der Waals surface area contributed by atoms with Crippen LogP contribution in [-0.4, -0.2) is 43.4 Å². The molecule has 4 rings (SSSR count). The van der Waals surface area contributed by atoms with Crippen molar-refractivity contribution in [2.75, 3.05) is 6.61 Å². The summed E-state index contributed by atoms with van der Waals surface area (Å²) < 4.78 is 1.69. The summed E-state index contributed by atoms with van der Waals surface area (Å²) in [7, 11) is 0. The standard InChI is InChI=1S/C20H23N5O2S/c1-11(10-26)23-19(27)16-9-22-25(18(16)14-4-5-14)20-21-7-6-17(24-20)15-8-12(2)28-13(15)3/h6-9,11,14,26H,4-5,10H2,1-3H3,(H,23,27)/t11-/m1/s1. The molecule has 0 saturated heterocycles. The molecule has 3 aromatic rings. The van der Waals surface area contributed by atoms with Gasteiger partial charge in [0.05, 0.1) is 29.8 Å². The molecule has 1 amide bonds. The Labute approximate surface area is 167 Å². The van der Waals surface area contributed by atoms with Gasteiger partial charge in [0.25, 0.3) is 11.9 Å². The molecule has 3 aromatic heterocycles. The van der Waals surface area contributed by atoms with Gasteiger partial charge in [-0.3, -0.25) is 4.79 Å². The van der Waals surface area contributed by atoms with E-state index < -0.39 is 0 Å². The van der Waals surface area contributed by atoms with Crippen LogP contribution in [0, 0.1) is 13.8 Å². The summed E-state index contributed by atoms with van der Waals surface area (Å²) >= 11 is 1.74. The zero-order chi connectivity index (χ0) is 19.8. The van der Waals surface area contributed by atoms with E-state index in [1.54, 1.807) is 35.3 Å². The first kappa shape index (κ1) is 18.8. The number of aliphatic hydroxyl groups excluding tert-OH is 1. The normalized spacial score (nSPS) is 14.9. The number of nitrogens with one attached hydrogen (secondary N) is 1. The number of rotatable bonds is 6. The fourth-order valence-electron chi connectivity index (χ4n) is 3.27. The zero-order valence-electron chi connectivity index (χ0n) is 16.1. The molecular weight excluding hydrogens is 374 g/mol. The highest BCUT2D eigenvalue weighted by Gasteiger charge is 2.33. The van der Waals surface area contributed by atoms with Crippen LogP contribution >= 0.6 is 11.3 Å². The van der Waals surface area contributed by atoms with E-state index >= 15 is 0 Å². The SMILES string of the molecule is Cc1cc(-c2ccnc(-n3ncc(C(=O)N[C@H](C)CO)c3C3CC3)n2)c(C)s1. The summed E-state index contributed by atoms with van der Waals surface area (Å²) in [6.07, 6.45) is 5.34. The van der Waals surface area contributed by atoms with Gasteiger partial charge >= 0.3 is 0 Å². The minimum atomic E-state index is -0.313. The quantitative estimate of drug-likeness (QED) is 0.667. The maximum atomic E-state index is 12.6. The highest BCUT2D eigenvalue weighted by molar-refractivity contribution is 7.12. The summed E-state index contributed by atoms with van der Waals surface area (Å²) in [6.45, 7) is 5.82. The van der Waals surface area contributed by atoms with Gasteiger partial charge < -0.3 is 10.4 Å². The highest BCUT2D eigenvalue weighted by atomic mass is 32.1. The third kappa shape index (κ3) is 3.57. The Balaban J connectivity index is 1.73. The average Bonchev–Trinajstić information content (AvgIpc) is 3.33. The van der Waals surface area contributed by atoms with Gasteiger partial charge in [0.15, 0.2) is 0 Å². The van der Waals surface area contributed by atoms with Gasteiger partial charge in [-0.05, 0) is 45.7 Å².